The minimum absolute atomic E-state index is 0.000920. The van der Waals surface area contributed by atoms with E-state index in [1.807, 2.05) is 14.1 Å². The van der Waals surface area contributed by atoms with Crippen LogP contribution in [0.4, 0.5) is 22.0 Å². The Labute approximate surface area is 291 Å². The summed E-state index contributed by atoms with van der Waals surface area (Å²) in [4.78, 5) is 16.7. The maximum Gasteiger partial charge on any atom is 0.322 e. The second-order valence-corrected chi connectivity index (χ2v) is 15.4. The van der Waals surface area contributed by atoms with E-state index >= 15 is 8.78 Å². The van der Waals surface area contributed by atoms with Gasteiger partial charge in [-0.2, -0.15) is 8.70 Å². The van der Waals surface area contributed by atoms with Crippen molar-refractivity contribution in [2.24, 2.45) is 0 Å². The van der Waals surface area contributed by atoms with Crippen LogP contribution in [0.5, 0.6) is 5.75 Å². The molecule has 0 aliphatic carbocycles. The van der Waals surface area contributed by atoms with Gasteiger partial charge in [0.15, 0.2) is 16.7 Å². The van der Waals surface area contributed by atoms with Crippen LogP contribution in [0.2, 0.25) is 0 Å². The summed E-state index contributed by atoms with van der Waals surface area (Å²) in [5.41, 5.74) is -0.377. The lowest BCUT2D eigenvalue weighted by Gasteiger charge is -2.28. The number of imidazole rings is 1. The number of hydrogen-bond acceptors (Lipinski definition) is 6. The number of aliphatic carboxylic acids is 1. The molecule has 9 nitrogen and oxygen atoms in total. The molecule has 4 rings (SSSR count). The fourth-order valence-electron chi connectivity index (χ4n) is 5.39. The fraction of sp³-hybridized carbons (Fsp3) is 0.353. The zero-order valence-corrected chi connectivity index (χ0v) is 29.9. The molecule has 0 aliphatic heterocycles. The minimum atomic E-state index is -4.61. The fourth-order valence-corrected chi connectivity index (χ4v) is 7.76. The summed E-state index contributed by atoms with van der Waals surface area (Å²) in [5, 5.41) is 9.91. The highest BCUT2D eigenvalue weighted by atomic mass is 32.2. The molecule has 0 bridgehead atoms. The van der Waals surface area contributed by atoms with Crippen molar-refractivity contribution in [3.05, 3.63) is 101 Å². The predicted octanol–water partition coefficient (Wildman–Crippen LogP) is 5.19. The zero-order valence-electron chi connectivity index (χ0n) is 28.2. The maximum atomic E-state index is 15.5. The molecule has 3 aromatic carbocycles. The lowest BCUT2D eigenvalue weighted by Crippen LogP contribution is -3.05. The van der Waals surface area contributed by atoms with Gasteiger partial charge in [0, 0.05) is 29.5 Å². The van der Waals surface area contributed by atoms with Gasteiger partial charge in [0.25, 0.3) is 0 Å². The number of carboxylic acid groups (broad SMARTS) is 1. The van der Waals surface area contributed by atoms with Crippen LogP contribution in [0.3, 0.4) is 0 Å². The molecule has 2 N–H and O–H groups in total. The van der Waals surface area contributed by atoms with E-state index in [1.165, 1.54) is 43.6 Å². The number of carboxylic acids is 1. The number of thioether (sulfide) groups is 1. The molecule has 1 aromatic heterocycles. The number of rotatable bonds is 15. The van der Waals surface area contributed by atoms with Crippen molar-refractivity contribution in [2.45, 2.75) is 54.0 Å². The Morgan fingerprint density at radius 3 is 2.22 bits per heavy atom. The van der Waals surface area contributed by atoms with E-state index in [0.29, 0.717) is 46.3 Å². The number of methoxy groups -OCH3 is 1. The van der Waals surface area contributed by atoms with Gasteiger partial charge in [-0.05, 0) is 66.9 Å². The van der Waals surface area contributed by atoms with E-state index in [4.69, 9.17) is 4.74 Å². The van der Waals surface area contributed by atoms with Crippen LogP contribution in [-0.2, 0) is 26.0 Å². The molecule has 1 heterocycles. The molecular formula is C34H38F5N4O5S2+. The Balaban J connectivity index is 1.69. The predicted molar refractivity (Wildman–Crippen MR) is 178 cm³/mol. The average Bonchev–Trinajstić information content (AvgIpc) is 3.48. The van der Waals surface area contributed by atoms with Gasteiger partial charge in [-0.25, -0.2) is 31.0 Å². The van der Waals surface area contributed by atoms with E-state index in [0.717, 1.165) is 29.8 Å². The number of likely N-dealkylation sites (N-methyl/N-ethyl adjacent to an activating group) is 1. The molecule has 1 atom stereocenters. The van der Waals surface area contributed by atoms with Crippen LogP contribution in [-0.4, -0.2) is 74.2 Å². The summed E-state index contributed by atoms with van der Waals surface area (Å²) in [5.74, 6) is -7.25. The number of hydrogen-bond donors (Lipinski definition) is 2. The molecule has 0 spiro atoms. The summed E-state index contributed by atoms with van der Waals surface area (Å²) in [6, 6.07) is 7.52. The molecule has 0 saturated carbocycles. The van der Waals surface area contributed by atoms with E-state index in [-0.39, 0.29) is 23.1 Å². The first-order valence-electron chi connectivity index (χ1n) is 15.4. The Kier molecular flexibility index (Phi) is 12.0. The lowest BCUT2D eigenvalue weighted by molar-refractivity contribution is -0.858. The van der Waals surface area contributed by atoms with Crippen molar-refractivity contribution in [1.82, 2.24) is 13.9 Å². The van der Waals surface area contributed by atoms with E-state index in [1.54, 1.807) is 18.4 Å². The van der Waals surface area contributed by atoms with Crippen molar-refractivity contribution in [2.75, 3.05) is 34.8 Å². The van der Waals surface area contributed by atoms with Crippen molar-refractivity contribution >= 4 is 27.8 Å². The summed E-state index contributed by atoms with van der Waals surface area (Å²) < 4.78 is 108. The highest BCUT2D eigenvalue weighted by molar-refractivity contribution is 7.98. The molecule has 270 valence electrons. The van der Waals surface area contributed by atoms with Gasteiger partial charge < -0.3 is 14.7 Å². The number of carbonyl (C=O) groups is 1. The second kappa shape index (κ2) is 15.5. The van der Waals surface area contributed by atoms with Gasteiger partial charge in [-0.3, -0.25) is 9.36 Å². The number of aromatic nitrogens is 2. The largest absolute Gasteiger partial charge is 0.494 e. The normalized spacial score (nSPS) is 12.9. The van der Waals surface area contributed by atoms with E-state index < -0.39 is 67.0 Å². The third-order valence-electron chi connectivity index (χ3n) is 8.41. The third kappa shape index (κ3) is 8.14. The standard InChI is InChI=1S/C34H37F5N4O5S2/c1-34(2,20-14-27(38)31(39)29(15-20)48-6)30-18-40-33(43(30)22-11-9-21(35)10-12-22)49-19-24-25(36)16-23(17-26(24)37)50(46,47)42(5)28(32(44)45)8-7-13-41(3)4/h9-12,14-18,28H,7-8,13,19H2,1-6H3,(H,44,45)/p+1. The number of benzene rings is 3. The van der Waals surface area contributed by atoms with E-state index in [9.17, 15) is 31.5 Å². The topological polar surface area (TPSA) is 106 Å². The molecule has 0 saturated heterocycles. The molecule has 0 aliphatic rings. The Bertz CT molecular complexity index is 1950. The zero-order chi connectivity index (χ0) is 37.1. The third-order valence-corrected chi connectivity index (χ3v) is 11.2. The highest BCUT2D eigenvalue weighted by Crippen LogP contribution is 2.39. The van der Waals surface area contributed by atoms with Crippen molar-refractivity contribution in [3.8, 4) is 11.4 Å². The van der Waals surface area contributed by atoms with Crippen LogP contribution in [0, 0.1) is 29.1 Å². The molecular weight excluding hydrogens is 704 g/mol. The SMILES string of the molecule is COc1cc(C(C)(C)c2cnc(SCc3c(F)cc(S(=O)(=O)N(C)C(CCC[NH+](C)C)C(=O)O)cc3F)n2-c2ccc(F)cc2)cc(F)c1F. The molecule has 4 aromatic rings. The molecule has 50 heavy (non-hydrogen) atoms. The summed E-state index contributed by atoms with van der Waals surface area (Å²) in [7, 11) is 1.38. The van der Waals surface area contributed by atoms with Gasteiger partial charge in [-0.15, -0.1) is 0 Å². The summed E-state index contributed by atoms with van der Waals surface area (Å²) in [6.45, 7) is 4.03. The second-order valence-electron chi connectivity index (χ2n) is 12.5. The van der Waals surface area contributed by atoms with Crippen molar-refractivity contribution in [1.29, 1.82) is 0 Å². The number of nitrogens with one attached hydrogen (secondary N) is 1. The van der Waals surface area contributed by atoms with Crippen molar-refractivity contribution in [3.63, 3.8) is 0 Å². The van der Waals surface area contributed by atoms with Crippen LogP contribution in [0.1, 0.15) is 43.5 Å². The van der Waals surface area contributed by atoms with Gasteiger partial charge in [0.05, 0.1) is 44.5 Å². The summed E-state index contributed by atoms with van der Waals surface area (Å²) in [6.07, 6.45) is 1.86. The number of quaternary nitrogens is 1. The van der Waals surface area contributed by atoms with Crippen molar-refractivity contribution < 1.29 is 49.9 Å². The first-order chi connectivity index (χ1) is 23.4. The smallest absolute Gasteiger partial charge is 0.322 e. The van der Waals surface area contributed by atoms with Gasteiger partial charge >= 0.3 is 5.97 Å². The van der Waals surface area contributed by atoms with Crippen LogP contribution < -0.4 is 9.64 Å². The Morgan fingerprint density at radius 2 is 1.66 bits per heavy atom. The highest BCUT2D eigenvalue weighted by Gasteiger charge is 2.35. The number of halogens is 5. The molecule has 0 fully saturated rings. The summed E-state index contributed by atoms with van der Waals surface area (Å²) >= 11 is 0.892. The number of sulfonamides is 1. The molecule has 1 unspecified atom stereocenters. The quantitative estimate of drug-likeness (QED) is 0.128. The van der Waals surface area contributed by atoms with E-state index in [2.05, 4.69) is 4.98 Å². The van der Waals surface area contributed by atoms with Gasteiger partial charge in [0.1, 0.15) is 23.5 Å². The molecule has 16 heteroatoms. The number of nitrogens with zero attached hydrogens (tertiary/aromatic N) is 3. The number of ether oxygens (including phenoxy) is 1. The van der Waals surface area contributed by atoms with Crippen LogP contribution >= 0.6 is 11.8 Å². The Hall–Kier alpha value is -3.99. The molecule has 0 radical (unpaired) electrons. The Morgan fingerprint density at radius 1 is 1.04 bits per heavy atom. The monoisotopic (exact) mass is 741 g/mol. The minimum Gasteiger partial charge on any atom is -0.494 e. The first kappa shape index (κ1) is 38.8. The van der Waals surface area contributed by atoms with Gasteiger partial charge in [0.2, 0.25) is 15.8 Å². The molecule has 0 amide bonds. The van der Waals surface area contributed by atoms with Crippen LogP contribution in [0.25, 0.3) is 5.69 Å². The maximum absolute atomic E-state index is 15.5. The van der Waals surface area contributed by atoms with Gasteiger partial charge in [-0.1, -0.05) is 25.6 Å². The first-order valence-corrected chi connectivity index (χ1v) is 17.8. The average molecular weight is 742 g/mol. The lowest BCUT2D eigenvalue weighted by atomic mass is 9.81. The van der Waals surface area contributed by atoms with Crippen LogP contribution in [0.15, 0.2) is 64.8 Å².